The minimum Gasteiger partial charge on any atom is -0.491 e. The smallest absolute Gasteiger partial charge is 0.416 e. The number of benzene rings is 1. The molecule has 0 saturated heterocycles. The third-order valence-electron chi connectivity index (χ3n) is 7.24. The molecule has 1 atom stereocenters. The summed E-state index contributed by atoms with van der Waals surface area (Å²) in [5, 5.41) is 10.6. The number of carbonyl (C=O) groups is 2. The molecule has 2 amide bonds. The lowest BCUT2D eigenvalue weighted by Crippen LogP contribution is -2.30. The van der Waals surface area contributed by atoms with Crippen LogP contribution >= 0.6 is 0 Å². The molecular weight excluding hydrogens is 833 g/mol. The van der Waals surface area contributed by atoms with E-state index in [1.807, 2.05) is 41.5 Å². The molecule has 334 valence electrons. The maximum atomic E-state index is 13.0. The van der Waals surface area contributed by atoms with E-state index in [9.17, 15) is 52.8 Å². The second-order valence-corrected chi connectivity index (χ2v) is 14.5. The molecule has 12 nitrogen and oxygen atoms in total. The van der Waals surface area contributed by atoms with Crippen molar-refractivity contribution >= 4 is 32.0 Å². The van der Waals surface area contributed by atoms with E-state index in [-0.39, 0.29) is 53.5 Å². The number of amides is 2. The number of alkyl halides is 6. The predicted molar refractivity (Wildman–Crippen MR) is 214 cm³/mol. The van der Waals surface area contributed by atoms with Crippen molar-refractivity contribution < 1.29 is 66.4 Å². The van der Waals surface area contributed by atoms with E-state index in [0.717, 1.165) is 6.08 Å². The summed E-state index contributed by atoms with van der Waals surface area (Å²) in [6.07, 6.45) is 4.33. The largest absolute Gasteiger partial charge is 0.491 e. The second-order valence-electron chi connectivity index (χ2n) is 11.3. The van der Waals surface area contributed by atoms with Crippen molar-refractivity contribution in [3.05, 3.63) is 99.4 Å². The average molecular weight is 888 g/mol. The van der Waals surface area contributed by atoms with E-state index >= 15 is 0 Å². The minimum atomic E-state index is -5.04. The molecule has 4 N–H and O–H groups in total. The Morgan fingerprint density at radius 3 is 1.92 bits per heavy atom. The summed E-state index contributed by atoms with van der Waals surface area (Å²) in [5.41, 5.74) is -3.00. The van der Waals surface area contributed by atoms with E-state index in [1.54, 1.807) is 0 Å². The third-order valence-corrected chi connectivity index (χ3v) is 9.48. The second kappa shape index (κ2) is 27.5. The molecule has 1 unspecified atom stereocenters. The zero-order valence-corrected chi connectivity index (χ0v) is 35.5. The summed E-state index contributed by atoms with van der Waals surface area (Å²) in [6, 6.07) is 0.801. The molecule has 1 aromatic carbocycles. The molecule has 3 rings (SSSR count). The van der Waals surface area contributed by atoms with Gasteiger partial charge in [-0.25, -0.2) is 13.6 Å². The highest BCUT2D eigenvalue weighted by atomic mass is 32.2. The Bertz CT molecular complexity index is 1850. The number of nitrogens with one attached hydrogen (secondary N) is 2. The molecule has 0 aliphatic heterocycles. The van der Waals surface area contributed by atoms with Crippen LogP contribution in [0.3, 0.4) is 0 Å². The number of rotatable bonds is 18. The number of hydrogen-bond donors (Lipinski definition) is 3. The number of unbranched alkanes of at least 4 members (excludes halogenated alkanes) is 2. The van der Waals surface area contributed by atoms with Crippen molar-refractivity contribution in [2.24, 2.45) is 11.1 Å². The summed E-state index contributed by atoms with van der Waals surface area (Å²) >= 11 is 0. The van der Waals surface area contributed by atoms with Crippen LogP contribution in [0.25, 0.3) is 0 Å². The highest BCUT2D eigenvalue weighted by Crippen LogP contribution is 2.38. The molecule has 0 bridgehead atoms. The van der Waals surface area contributed by atoms with Crippen LogP contribution in [0.5, 0.6) is 5.75 Å². The van der Waals surface area contributed by atoms with Crippen molar-refractivity contribution in [1.29, 1.82) is 0 Å². The molecule has 0 spiro atoms. The normalized spacial score (nSPS) is 15.2. The van der Waals surface area contributed by atoms with Gasteiger partial charge in [-0.2, -0.15) is 34.8 Å². The van der Waals surface area contributed by atoms with Gasteiger partial charge in [0, 0.05) is 18.7 Å². The van der Waals surface area contributed by atoms with Crippen LogP contribution in [0.2, 0.25) is 0 Å². The number of ether oxygens (including phenoxy) is 2. The summed E-state index contributed by atoms with van der Waals surface area (Å²) in [5.74, 6) is -2.21. The predicted octanol–water partition coefficient (Wildman–Crippen LogP) is 7.63. The maximum Gasteiger partial charge on any atom is 0.416 e. The number of carbonyl (C=O) groups excluding carboxylic acids is 2. The average Bonchev–Trinajstić information content (AvgIpc) is 3.62. The molecule has 0 heterocycles. The van der Waals surface area contributed by atoms with E-state index < -0.39 is 74.4 Å². The van der Waals surface area contributed by atoms with E-state index in [0.29, 0.717) is 37.9 Å². The molecule has 2 aliphatic carbocycles. The number of hydrogen-bond acceptors (Lipinski definition) is 9. The van der Waals surface area contributed by atoms with Crippen molar-refractivity contribution in [3.8, 4) is 5.75 Å². The Kier molecular flexibility index (Phi) is 25.5. The Labute approximate surface area is 343 Å². The zero-order chi connectivity index (χ0) is 45.3. The van der Waals surface area contributed by atoms with Crippen LogP contribution in [0.15, 0.2) is 88.3 Å². The highest BCUT2D eigenvalue weighted by molar-refractivity contribution is 7.93. The quantitative estimate of drug-likeness (QED) is 0.0759. The van der Waals surface area contributed by atoms with Crippen molar-refractivity contribution in [2.75, 3.05) is 39.5 Å². The van der Waals surface area contributed by atoms with Gasteiger partial charge in [0.15, 0.2) is 0 Å². The fourth-order valence-electron chi connectivity index (χ4n) is 4.57. The number of allylic oxidation sites excluding steroid dienone is 6. The molecule has 0 saturated carbocycles. The van der Waals surface area contributed by atoms with Gasteiger partial charge in [-0.1, -0.05) is 71.9 Å². The van der Waals surface area contributed by atoms with Crippen LogP contribution < -0.4 is 20.5 Å². The first kappa shape index (κ1) is 54.8. The van der Waals surface area contributed by atoms with E-state index in [1.165, 1.54) is 48.6 Å². The summed E-state index contributed by atoms with van der Waals surface area (Å²) in [4.78, 5) is 24.7. The first-order chi connectivity index (χ1) is 27.8. The molecule has 0 radical (unpaired) electrons. The fraction of sp³-hybridized carbons (Fsp3) is 0.487. The topological polar surface area (TPSA) is 180 Å². The van der Waals surface area contributed by atoms with Crippen LogP contribution in [0.1, 0.15) is 78.4 Å². The van der Waals surface area contributed by atoms with Crippen LogP contribution in [-0.4, -0.2) is 68.2 Å². The van der Waals surface area contributed by atoms with Gasteiger partial charge in [0.1, 0.15) is 12.4 Å². The molecule has 1 aromatic rings. The molecule has 20 heteroatoms. The van der Waals surface area contributed by atoms with Gasteiger partial charge in [0.05, 0.1) is 46.7 Å². The molecule has 0 aromatic heterocycles. The lowest BCUT2D eigenvalue weighted by Gasteiger charge is -2.15. The van der Waals surface area contributed by atoms with Gasteiger partial charge >= 0.3 is 12.4 Å². The van der Waals surface area contributed by atoms with Gasteiger partial charge in [-0.05, 0) is 68.2 Å². The number of sulfonamides is 1. The lowest BCUT2D eigenvalue weighted by molar-refractivity contribution is -0.143. The standard InChI is InChI=1S/C33H37F6N3O9S2.3C2H6/c34-32(35,36)25-20-26(33(37,38)39)22-27(21-25)50-17-15-49-16-18-51-53(47,48)29-9-3-2-7-24(19-29)31(44)42-14-5-1-4-13-41-30(43)23-8-6-10-28(12-11-23)52(40,45)46;3*1-2/h3,6-12,19-23H,1-2,4-5,13-18H2,(H,41,43)(H,42,44)(H2,40,45,46);3*1-2H3. The third kappa shape index (κ3) is 21.0. The number of halogens is 6. The summed E-state index contributed by atoms with van der Waals surface area (Å²) < 4.78 is 142. The lowest BCUT2D eigenvalue weighted by atomic mass is 10.1. The fourth-order valence-corrected chi connectivity index (χ4v) is 6.06. The minimum absolute atomic E-state index is 0.0329. The zero-order valence-electron chi connectivity index (χ0n) is 33.9. The van der Waals surface area contributed by atoms with Crippen LogP contribution in [-0.2, 0) is 51.0 Å². The summed E-state index contributed by atoms with van der Waals surface area (Å²) in [6.45, 7) is 11.0. The van der Waals surface area contributed by atoms with Crippen molar-refractivity contribution in [1.82, 2.24) is 10.6 Å². The van der Waals surface area contributed by atoms with Crippen LogP contribution in [0, 0.1) is 5.92 Å². The van der Waals surface area contributed by atoms with E-state index in [4.69, 9.17) is 18.8 Å². The Hall–Kier alpha value is -4.24. The van der Waals surface area contributed by atoms with Crippen molar-refractivity contribution in [3.63, 3.8) is 0 Å². The van der Waals surface area contributed by atoms with Gasteiger partial charge in [0.2, 0.25) is 15.9 Å². The number of primary sulfonamides is 1. The molecule has 0 fully saturated rings. The van der Waals surface area contributed by atoms with E-state index in [2.05, 4.69) is 10.6 Å². The van der Waals surface area contributed by atoms with Gasteiger partial charge < -0.3 is 20.1 Å². The maximum absolute atomic E-state index is 13.0. The molecule has 59 heavy (non-hydrogen) atoms. The van der Waals surface area contributed by atoms with Crippen molar-refractivity contribution in [2.45, 2.75) is 79.6 Å². The first-order valence-corrected chi connectivity index (χ1v) is 21.9. The van der Waals surface area contributed by atoms with Gasteiger partial charge in [-0.3, -0.25) is 13.8 Å². The monoisotopic (exact) mass is 887 g/mol. The van der Waals surface area contributed by atoms with Gasteiger partial charge in [-0.15, -0.1) is 0 Å². The summed E-state index contributed by atoms with van der Waals surface area (Å²) in [7, 11) is -8.26. The molecular formula is C39H55F6N3O9S2. The van der Waals surface area contributed by atoms with Crippen LogP contribution in [0.4, 0.5) is 26.3 Å². The van der Waals surface area contributed by atoms with Gasteiger partial charge in [0.25, 0.3) is 16.0 Å². The Morgan fingerprint density at radius 1 is 0.763 bits per heavy atom. The SMILES string of the molecule is CC.CC.CC.NS(=O)(=O)C1=CC=CC(C(=O)NCCCCCNC(=O)C2=CCC=CC(S(=O)(=O)OCCOCCOc3cc(C(F)(F)F)cc(C(F)(F)F)c3)=C2)C=C1. The Morgan fingerprint density at radius 2 is 1.34 bits per heavy atom. The highest BCUT2D eigenvalue weighted by Gasteiger charge is 2.37. The molecule has 2 aliphatic rings. The first-order valence-electron chi connectivity index (χ1n) is 18.9. The Balaban J connectivity index is 0.00000535. The number of nitrogens with two attached hydrogens (primary N) is 1.